The van der Waals surface area contributed by atoms with Crippen LogP contribution in [0.1, 0.15) is 96.6 Å². The van der Waals surface area contributed by atoms with Crippen molar-refractivity contribution in [1.82, 2.24) is 30.7 Å². The van der Waals surface area contributed by atoms with Gasteiger partial charge in [-0.05, 0) is 81.8 Å². The van der Waals surface area contributed by atoms with Gasteiger partial charge in [0.25, 0.3) is 0 Å². The van der Waals surface area contributed by atoms with Crippen LogP contribution in [-0.2, 0) is 65.4 Å². The molecule has 0 radical (unpaired) electrons. The number of alkyl halides is 1. The highest BCUT2D eigenvalue weighted by Gasteiger charge is 2.64. The number of alkyl carbamates (subject to hydrolysis) is 1. The molecule has 2 fully saturated rings. The highest BCUT2D eigenvalue weighted by molar-refractivity contribution is 9.09. The number of carbonyl (C=O) groups excluding carboxylic acids is 9. The number of esters is 1. The first kappa shape index (κ1) is 71.6. The molecular formula is C62H84BrClN8O18. The van der Waals surface area contributed by atoms with E-state index >= 15 is 0 Å². The van der Waals surface area contributed by atoms with Gasteiger partial charge in [0.05, 0.1) is 48.8 Å². The number of hydrogen-bond acceptors (Lipinski definition) is 18. The van der Waals surface area contributed by atoms with Crippen molar-refractivity contribution in [2.75, 3.05) is 84.2 Å². The van der Waals surface area contributed by atoms with E-state index in [4.69, 9.17) is 49.5 Å². The standard InChI is InChI=1S/C62H84BrClN8O18/c1-37-17-16-20-48(84-10)62(82)34-47(88-58(79)68-62)38(2)55-61(4,90-55)49(33-53(76)72(8)44-31-41(29-37)32-46(83-9)54(44)64)89-56(77)39(3)71(7)52(75)24-28-85-59(80)69(5)26-27-70(6)60(81)86-36-40-21-22-45(43(30-40)67-50(73)23-25-65-51(74)35-63)87-57(78)66-42-18-14-12-11-13-15-19-42/h14,16-18,20-22,30-32,38-39,42,47-49,55,82H,11-13,15,19,23-29,33-36H2,1-10H3,(H,65,74)(H,66,78)(H,67,73)(H,68,79)/t38-,39+,42?,47+,48-,49+,55+,61+,62+/m1/s1. The molecule has 0 spiro atoms. The fraction of sp³-hybridized carbons (Fsp3) is 0.565. The van der Waals surface area contributed by atoms with E-state index in [1.54, 1.807) is 44.2 Å². The summed E-state index contributed by atoms with van der Waals surface area (Å²) in [5, 5.41) is 22.8. The third kappa shape index (κ3) is 19.8. The van der Waals surface area contributed by atoms with E-state index in [2.05, 4.69) is 37.2 Å². The number of allylic oxidation sites excluding steroid dienone is 4. The zero-order chi connectivity index (χ0) is 66.0. The minimum absolute atomic E-state index is 0.00193. The SMILES string of the molecule is COc1cc2cc(c1Cl)N(C)C(=O)C[C@H](OC(=O)[C@H](C)N(C)C(=O)CCOC(=O)N(C)CCN(C)C(=O)OCc1ccc(OC(=O)NC3C=CCCCCC3)c(NC(=O)CCNC(=O)CBr)c1)[C@]1(C)O[C@H]1[C@H](C)[C@@H]1C[C@@](O)(NC(=O)O1)[C@H](OC)C=CC=C(C)C2. The van der Waals surface area contributed by atoms with Gasteiger partial charge in [-0.2, -0.15) is 0 Å². The monoisotopic (exact) mass is 1340 g/mol. The minimum atomic E-state index is -1.91. The quantitative estimate of drug-likeness (QED) is 0.0291. The highest BCUT2D eigenvalue weighted by atomic mass is 79.9. The van der Waals surface area contributed by atoms with E-state index in [0.29, 0.717) is 23.4 Å². The summed E-state index contributed by atoms with van der Waals surface area (Å²) in [4.78, 5) is 124. The van der Waals surface area contributed by atoms with Crippen LogP contribution in [0.2, 0.25) is 5.02 Å². The maximum Gasteiger partial charge on any atom is 0.413 e. The van der Waals surface area contributed by atoms with Crippen molar-refractivity contribution in [2.45, 2.75) is 146 Å². The number of ether oxygens (including phenoxy) is 8. The first-order valence-electron chi connectivity index (χ1n) is 29.7. The Hall–Kier alpha value is -7.46. The number of fused-ring (bicyclic) bond motifs is 5. The van der Waals surface area contributed by atoms with Crippen LogP contribution in [0.3, 0.4) is 0 Å². The molecular weight excluding hydrogens is 1260 g/mol. The number of carbonyl (C=O) groups is 9. The number of nitrogens with zero attached hydrogens (tertiary/aromatic N) is 4. The number of hydrogen-bond donors (Lipinski definition) is 5. The average molecular weight is 1340 g/mol. The average Bonchev–Trinajstić information content (AvgIpc) is 1.57. The van der Waals surface area contributed by atoms with Crippen LogP contribution >= 0.6 is 27.5 Å². The Morgan fingerprint density at radius 1 is 0.956 bits per heavy atom. The molecule has 4 bridgehead atoms. The molecule has 494 valence electrons. The fourth-order valence-electron chi connectivity index (χ4n) is 10.5. The summed E-state index contributed by atoms with van der Waals surface area (Å²) < 4.78 is 46.0. The van der Waals surface area contributed by atoms with E-state index in [0.717, 1.165) is 48.1 Å². The van der Waals surface area contributed by atoms with E-state index in [9.17, 15) is 48.3 Å². The third-order valence-corrected chi connectivity index (χ3v) is 17.1. The van der Waals surface area contributed by atoms with Crippen molar-refractivity contribution >= 4 is 92.9 Å². The molecule has 4 aliphatic rings. The van der Waals surface area contributed by atoms with Crippen molar-refractivity contribution in [3.8, 4) is 11.5 Å². The summed E-state index contributed by atoms with van der Waals surface area (Å²) in [5.41, 5.74) is -0.767. The third-order valence-electron chi connectivity index (χ3n) is 16.2. The van der Waals surface area contributed by atoms with Crippen molar-refractivity contribution < 1.29 is 86.2 Å². The Balaban J connectivity index is 1.03. The highest BCUT2D eigenvalue weighted by Crippen LogP contribution is 2.49. The second-order valence-electron chi connectivity index (χ2n) is 23.0. The Kier molecular flexibility index (Phi) is 26.3. The zero-order valence-corrected chi connectivity index (χ0v) is 54.9. The predicted molar refractivity (Wildman–Crippen MR) is 334 cm³/mol. The molecule has 2 aromatic carbocycles. The molecule has 0 aromatic heterocycles. The number of likely N-dealkylation sites (N-methyl/N-ethyl adjacent to an activating group) is 3. The molecule has 5 N–H and O–H groups in total. The van der Waals surface area contributed by atoms with Crippen LogP contribution < -0.4 is 35.6 Å². The van der Waals surface area contributed by atoms with Crippen LogP contribution in [0.15, 0.2) is 66.3 Å². The van der Waals surface area contributed by atoms with Crippen LogP contribution in [0.5, 0.6) is 11.5 Å². The van der Waals surface area contributed by atoms with Crippen molar-refractivity contribution in [3.05, 3.63) is 82.4 Å². The summed E-state index contributed by atoms with van der Waals surface area (Å²) >= 11 is 9.89. The lowest BCUT2D eigenvalue weighted by atomic mass is 9.83. The van der Waals surface area contributed by atoms with E-state index in [1.165, 1.54) is 76.2 Å². The van der Waals surface area contributed by atoms with Gasteiger partial charge in [0.2, 0.25) is 23.6 Å². The molecule has 0 saturated carbocycles. The zero-order valence-electron chi connectivity index (χ0n) is 52.6. The molecule has 1 aliphatic carbocycles. The summed E-state index contributed by atoms with van der Waals surface area (Å²) in [6.45, 7) is 6.12. The molecule has 26 nitrogen and oxygen atoms in total. The van der Waals surface area contributed by atoms with Gasteiger partial charge in [-0.3, -0.25) is 24.5 Å². The van der Waals surface area contributed by atoms with E-state index in [-0.39, 0.29) is 85.8 Å². The molecule has 8 amide bonds. The molecule has 9 atom stereocenters. The van der Waals surface area contributed by atoms with Gasteiger partial charge in [0, 0.05) is 73.7 Å². The van der Waals surface area contributed by atoms with Crippen LogP contribution in [0.4, 0.5) is 30.6 Å². The number of halogens is 2. The summed E-state index contributed by atoms with van der Waals surface area (Å²) in [6, 6.07) is 6.56. The van der Waals surface area contributed by atoms with Gasteiger partial charge in [0.1, 0.15) is 53.9 Å². The van der Waals surface area contributed by atoms with Gasteiger partial charge < -0.3 is 78.6 Å². The predicted octanol–water partition coefficient (Wildman–Crippen LogP) is 7.06. The lowest BCUT2D eigenvalue weighted by Gasteiger charge is -2.42. The number of epoxide rings is 1. The van der Waals surface area contributed by atoms with Crippen LogP contribution in [0, 0.1) is 5.92 Å². The van der Waals surface area contributed by atoms with Crippen molar-refractivity contribution in [3.63, 3.8) is 0 Å². The molecule has 2 saturated heterocycles. The van der Waals surface area contributed by atoms with Crippen molar-refractivity contribution in [1.29, 1.82) is 0 Å². The molecule has 6 rings (SSSR count). The lowest BCUT2D eigenvalue weighted by Crippen LogP contribution is -2.63. The molecule has 28 heteroatoms. The molecule has 2 aromatic rings. The maximum absolute atomic E-state index is 14.4. The van der Waals surface area contributed by atoms with Crippen LogP contribution in [-0.4, -0.2) is 196 Å². The lowest BCUT2D eigenvalue weighted by molar-refractivity contribution is -0.162. The number of aliphatic hydroxyl groups is 1. The number of amides is 8. The molecule has 90 heavy (non-hydrogen) atoms. The van der Waals surface area contributed by atoms with Gasteiger partial charge >= 0.3 is 30.3 Å². The largest absolute Gasteiger partial charge is 0.495 e. The second kappa shape index (κ2) is 33.0. The number of methoxy groups -OCH3 is 2. The number of rotatable bonds is 20. The molecule has 3 heterocycles. The Morgan fingerprint density at radius 3 is 2.38 bits per heavy atom. The molecule has 1 unspecified atom stereocenters. The van der Waals surface area contributed by atoms with Gasteiger partial charge in [-0.15, -0.1) is 0 Å². The topological polar surface area (TPSA) is 312 Å². The summed E-state index contributed by atoms with van der Waals surface area (Å²) in [6.07, 6.45) is 6.03. The van der Waals surface area contributed by atoms with E-state index < -0.39 is 102 Å². The van der Waals surface area contributed by atoms with Gasteiger partial charge in [-0.1, -0.05) is 89.3 Å². The van der Waals surface area contributed by atoms with Gasteiger partial charge in [-0.25, -0.2) is 24.0 Å². The Morgan fingerprint density at radius 2 is 1.68 bits per heavy atom. The van der Waals surface area contributed by atoms with E-state index in [1.807, 2.05) is 25.2 Å². The fourth-order valence-corrected chi connectivity index (χ4v) is 11.0. The first-order chi connectivity index (χ1) is 42.7. The normalized spacial score (nSPS) is 23.7. The number of anilines is 2. The maximum atomic E-state index is 14.4. The summed E-state index contributed by atoms with van der Waals surface area (Å²) in [5.74, 6) is -3.08. The Labute approximate surface area is 537 Å². The second-order valence-corrected chi connectivity index (χ2v) is 23.9. The number of nitrogens with one attached hydrogen (secondary N) is 4. The minimum Gasteiger partial charge on any atom is -0.495 e. The molecule has 3 aliphatic heterocycles. The van der Waals surface area contributed by atoms with Gasteiger partial charge in [0.15, 0.2) is 11.5 Å². The summed E-state index contributed by atoms with van der Waals surface area (Å²) in [7, 11) is 8.63. The van der Waals surface area contributed by atoms with Crippen LogP contribution in [0.25, 0.3) is 0 Å². The smallest absolute Gasteiger partial charge is 0.413 e. The number of benzene rings is 2. The van der Waals surface area contributed by atoms with Crippen molar-refractivity contribution in [2.24, 2.45) is 5.92 Å². The first-order valence-corrected chi connectivity index (χ1v) is 31.2. The Bertz CT molecular complexity index is 3040.